The first-order valence-corrected chi connectivity index (χ1v) is 6.12. The monoisotopic (exact) mass is 303 g/mol. The van der Waals surface area contributed by atoms with Gasteiger partial charge in [-0.25, -0.2) is 0 Å². The average Bonchev–Trinajstić information content (AvgIpc) is 2.78. The minimum absolute atomic E-state index is 0.0387. The molecule has 0 radical (unpaired) electrons. The second-order valence-electron chi connectivity index (χ2n) is 4.55. The van der Waals surface area contributed by atoms with E-state index in [2.05, 4.69) is 0 Å². The number of rotatable bonds is 3. The highest BCUT2D eigenvalue weighted by Crippen LogP contribution is 2.38. The van der Waals surface area contributed by atoms with Crippen LogP contribution in [0.25, 0.3) is 0 Å². The smallest absolute Gasteiger partial charge is 0.344 e. The number of halogens is 3. The fourth-order valence-corrected chi connectivity index (χ4v) is 2.15. The Bertz CT molecular complexity index is 589. The number of carbonyl (C=O) groups excluding carboxylic acids is 1. The standard InChI is InChI=1S/C12H12F3N3O3/c1-2-16-7-17(6-11(16)19)8-3-4-10(18(20)21)9(5-8)12(13,14)15/h3-5H,2,6-7H2,1H3. The lowest BCUT2D eigenvalue weighted by Gasteiger charge is -2.19. The van der Waals surface area contributed by atoms with Crippen LogP contribution in [0.15, 0.2) is 18.2 Å². The summed E-state index contributed by atoms with van der Waals surface area (Å²) in [5.74, 6) is -0.190. The molecule has 1 amide bonds. The quantitative estimate of drug-likeness (QED) is 0.634. The minimum Gasteiger partial charge on any atom is -0.344 e. The van der Waals surface area contributed by atoms with Gasteiger partial charge in [-0.1, -0.05) is 0 Å². The fourth-order valence-electron chi connectivity index (χ4n) is 2.15. The zero-order chi connectivity index (χ0) is 15.8. The Labute approximate surface area is 117 Å². The molecule has 0 unspecified atom stereocenters. The van der Waals surface area contributed by atoms with E-state index in [1.165, 1.54) is 15.9 Å². The lowest BCUT2D eigenvalue weighted by molar-refractivity contribution is -0.388. The Balaban J connectivity index is 2.39. The van der Waals surface area contributed by atoms with Crippen molar-refractivity contribution in [3.05, 3.63) is 33.9 Å². The van der Waals surface area contributed by atoms with E-state index >= 15 is 0 Å². The molecule has 6 nitrogen and oxygen atoms in total. The van der Waals surface area contributed by atoms with Gasteiger partial charge in [0.05, 0.1) is 18.1 Å². The molecule has 0 N–H and O–H groups in total. The number of hydrogen-bond donors (Lipinski definition) is 0. The van der Waals surface area contributed by atoms with Crippen molar-refractivity contribution in [2.75, 3.05) is 24.7 Å². The number of alkyl halides is 3. The third-order valence-corrected chi connectivity index (χ3v) is 3.25. The van der Waals surface area contributed by atoms with Gasteiger partial charge < -0.3 is 9.80 Å². The molecule has 0 saturated carbocycles. The van der Waals surface area contributed by atoms with Crippen molar-refractivity contribution in [3.8, 4) is 0 Å². The SMILES string of the molecule is CCN1CN(c2ccc([N+](=O)[O-])c(C(F)(F)F)c2)CC1=O. The summed E-state index contributed by atoms with van der Waals surface area (Å²) >= 11 is 0. The molecule has 0 bridgehead atoms. The molecule has 1 saturated heterocycles. The number of carbonyl (C=O) groups is 1. The van der Waals surface area contributed by atoms with Crippen molar-refractivity contribution in [3.63, 3.8) is 0 Å². The van der Waals surface area contributed by atoms with Crippen LogP contribution >= 0.6 is 0 Å². The summed E-state index contributed by atoms with van der Waals surface area (Å²) in [5.41, 5.74) is -2.17. The molecule has 1 aromatic rings. The van der Waals surface area contributed by atoms with Gasteiger partial charge >= 0.3 is 6.18 Å². The maximum absolute atomic E-state index is 12.9. The Morgan fingerprint density at radius 3 is 2.52 bits per heavy atom. The van der Waals surface area contributed by atoms with E-state index in [9.17, 15) is 28.1 Å². The van der Waals surface area contributed by atoms with Gasteiger partial charge in [0.2, 0.25) is 5.91 Å². The van der Waals surface area contributed by atoms with Gasteiger partial charge in [0, 0.05) is 18.3 Å². The number of nitro benzene ring substituents is 1. The van der Waals surface area contributed by atoms with Gasteiger partial charge in [-0.05, 0) is 19.1 Å². The molecule has 1 fully saturated rings. The van der Waals surface area contributed by atoms with Crippen molar-refractivity contribution in [1.29, 1.82) is 0 Å². The molecule has 0 spiro atoms. The highest BCUT2D eigenvalue weighted by molar-refractivity contribution is 5.85. The summed E-state index contributed by atoms with van der Waals surface area (Å²) in [4.78, 5) is 24.1. The Hall–Kier alpha value is -2.32. The number of hydrogen-bond acceptors (Lipinski definition) is 4. The summed E-state index contributed by atoms with van der Waals surface area (Å²) < 4.78 is 38.7. The van der Waals surface area contributed by atoms with Crippen LogP contribution in [0.2, 0.25) is 0 Å². The summed E-state index contributed by atoms with van der Waals surface area (Å²) in [6.45, 7) is 2.35. The van der Waals surface area contributed by atoms with E-state index in [1.54, 1.807) is 6.92 Å². The van der Waals surface area contributed by atoms with Crippen LogP contribution in [0.1, 0.15) is 12.5 Å². The van der Waals surface area contributed by atoms with E-state index in [0.29, 0.717) is 12.6 Å². The van der Waals surface area contributed by atoms with Crippen LogP contribution < -0.4 is 4.90 Å². The van der Waals surface area contributed by atoms with Crippen LogP contribution in [0.4, 0.5) is 24.5 Å². The summed E-state index contributed by atoms with van der Waals surface area (Å²) in [5, 5.41) is 10.7. The highest BCUT2D eigenvalue weighted by Gasteiger charge is 2.39. The van der Waals surface area contributed by atoms with Crippen molar-refractivity contribution in [2.24, 2.45) is 0 Å². The maximum atomic E-state index is 12.9. The van der Waals surface area contributed by atoms with E-state index in [4.69, 9.17) is 0 Å². The zero-order valence-electron chi connectivity index (χ0n) is 11.1. The topological polar surface area (TPSA) is 66.7 Å². The predicted octanol–water partition coefficient (Wildman–Crippen LogP) is 2.24. The normalized spacial score (nSPS) is 15.7. The van der Waals surface area contributed by atoms with Gasteiger partial charge in [0.1, 0.15) is 5.56 Å². The Morgan fingerprint density at radius 2 is 2.05 bits per heavy atom. The molecule has 0 aliphatic carbocycles. The van der Waals surface area contributed by atoms with Crippen LogP contribution in [-0.2, 0) is 11.0 Å². The number of likely N-dealkylation sites (N-methyl/N-ethyl adjacent to an activating group) is 1. The van der Waals surface area contributed by atoms with E-state index in [0.717, 1.165) is 6.07 Å². The Kier molecular flexibility index (Phi) is 3.75. The van der Waals surface area contributed by atoms with Crippen molar-refractivity contribution in [2.45, 2.75) is 13.1 Å². The molecule has 9 heteroatoms. The molecule has 2 rings (SSSR count). The van der Waals surface area contributed by atoms with Crippen LogP contribution in [0.5, 0.6) is 0 Å². The van der Waals surface area contributed by atoms with Crippen molar-refractivity contribution in [1.82, 2.24) is 4.90 Å². The fraction of sp³-hybridized carbons (Fsp3) is 0.417. The Morgan fingerprint density at radius 1 is 1.38 bits per heavy atom. The number of nitro groups is 1. The van der Waals surface area contributed by atoms with Gasteiger partial charge in [0.15, 0.2) is 0 Å². The van der Waals surface area contributed by atoms with Crippen molar-refractivity contribution < 1.29 is 22.9 Å². The first-order valence-electron chi connectivity index (χ1n) is 6.12. The third kappa shape index (κ3) is 2.91. The summed E-state index contributed by atoms with van der Waals surface area (Å²) in [7, 11) is 0. The van der Waals surface area contributed by atoms with Gasteiger partial charge in [0.25, 0.3) is 5.69 Å². The highest BCUT2D eigenvalue weighted by atomic mass is 19.4. The lowest BCUT2D eigenvalue weighted by Crippen LogP contribution is -2.26. The van der Waals surface area contributed by atoms with E-state index < -0.39 is 22.4 Å². The molecule has 1 aromatic carbocycles. The van der Waals surface area contributed by atoms with Crippen LogP contribution in [0.3, 0.4) is 0 Å². The second-order valence-corrected chi connectivity index (χ2v) is 4.55. The predicted molar refractivity (Wildman–Crippen MR) is 67.7 cm³/mol. The molecule has 1 heterocycles. The molecular formula is C12H12F3N3O3. The number of anilines is 1. The zero-order valence-corrected chi connectivity index (χ0v) is 11.1. The summed E-state index contributed by atoms with van der Waals surface area (Å²) in [6.07, 6.45) is -4.83. The molecule has 114 valence electrons. The minimum atomic E-state index is -4.83. The first kappa shape index (κ1) is 15.1. The molecule has 21 heavy (non-hydrogen) atoms. The lowest BCUT2D eigenvalue weighted by atomic mass is 10.1. The second kappa shape index (κ2) is 5.23. The van der Waals surface area contributed by atoms with Crippen LogP contribution in [0, 0.1) is 10.1 Å². The number of nitrogens with zero attached hydrogens (tertiary/aromatic N) is 3. The third-order valence-electron chi connectivity index (χ3n) is 3.25. The average molecular weight is 303 g/mol. The molecule has 1 aliphatic heterocycles. The largest absolute Gasteiger partial charge is 0.423 e. The van der Waals surface area contributed by atoms with Crippen molar-refractivity contribution >= 4 is 17.3 Å². The number of benzene rings is 1. The maximum Gasteiger partial charge on any atom is 0.423 e. The number of amides is 1. The van der Waals surface area contributed by atoms with Gasteiger partial charge in [-0.3, -0.25) is 14.9 Å². The first-order chi connectivity index (χ1) is 9.74. The van der Waals surface area contributed by atoms with E-state index in [-0.39, 0.29) is 24.8 Å². The van der Waals surface area contributed by atoms with Gasteiger partial charge in [-0.15, -0.1) is 0 Å². The summed E-state index contributed by atoms with van der Waals surface area (Å²) in [6, 6.07) is 2.75. The molecule has 1 aliphatic rings. The molecular weight excluding hydrogens is 291 g/mol. The van der Waals surface area contributed by atoms with E-state index in [1.807, 2.05) is 0 Å². The van der Waals surface area contributed by atoms with Gasteiger partial charge in [-0.2, -0.15) is 13.2 Å². The molecule has 0 atom stereocenters. The molecule has 0 aromatic heterocycles. The van der Waals surface area contributed by atoms with Crippen LogP contribution in [-0.4, -0.2) is 35.5 Å².